The van der Waals surface area contributed by atoms with Gasteiger partial charge in [-0.1, -0.05) is 11.6 Å². The highest BCUT2D eigenvalue weighted by molar-refractivity contribution is 6.30. The van der Waals surface area contributed by atoms with Crippen molar-refractivity contribution in [1.29, 1.82) is 0 Å². The lowest BCUT2D eigenvalue weighted by atomic mass is 10.3. The van der Waals surface area contributed by atoms with Gasteiger partial charge in [-0.15, -0.1) is 0 Å². The number of aliphatic hydroxyl groups excluding tert-OH is 1. The second kappa shape index (κ2) is 6.82. The van der Waals surface area contributed by atoms with Gasteiger partial charge in [-0.2, -0.15) is 13.2 Å². The topological polar surface area (TPSA) is 38.7 Å². The Kier molecular flexibility index (Phi) is 5.71. The van der Waals surface area contributed by atoms with Crippen molar-refractivity contribution < 1.29 is 27.8 Å². The predicted molar refractivity (Wildman–Crippen MR) is 59.8 cm³/mol. The molecule has 1 aromatic rings. The Morgan fingerprint density at radius 2 is 1.78 bits per heavy atom. The van der Waals surface area contributed by atoms with E-state index in [1.165, 1.54) is 0 Å². The number of halogens is 4. The first-order chi connectivity index (χ1) is 8.37. The van der Waals surface area contributed by atoms with Crippen molar-refractivity contribution in [3.05, 3.63) is 29.3 Å². The van der Waals surface area contributed by atoms with Crippen molar-refractivity contribution in [1.82, 2.24) is 0 Å². The smallest absolute Gasteiger partial charge is 0.411 e. The molecule has 1 atom stereocenters. The van der Waals surface area contributed by atoms with E-state index in [4.69, 9.17) is 16.3 Å². The molecule has 18 heavy (non-hydrogen) atoms. The van der Waals surface area contributed by atoms with Crippen molar-refractivity contribution in [2.24, 2.45) is 0 Å². The first kappa shape index (κ1) is 15.1. The molecule has 0 radical (unpaired) electrons. The first-order valence-corrected chi connectivity index (χ1v) is 5.45. The molecule has 1 aromatic carbocycles. The van der Waals surface area contributed by atoms with Gasteiger partial charge in [0.15, 0.2) is 0 Å². The van der Waals surface area contributed by atoms with E-state index >= 15 is 0 Å². The molecule has 0 amide bonds. The number of hydrogen-bond acceptors (Lipinski definition) is 3. The summed E-state index contributed by atoms with van der Waals surface area (Å²) in [5.41, 5.74) is 0. The maximum absolute atomic E-state index is 11.7. The summed E-state index contributed by atoms with van der Waals surface area (Å²) in [6, 6.07) is 6.38. The van der Waals surface area contributed by atoms with Crippen LogP contribution in [0.25, 0.3) is 0 Å². The lowest BCUT2D eigenvalue weighted by Crippen LogP contribution is -2.27. The van der Waals surface area contributed by atoms with Crippen LogP contribution in [-0.4, -0.2) is 37.2 Å². The number of hydrogen-bond donors (Lipinski definition) is 1. The summed E-state index contributed by atoms with van der Waals surface area (Å²) in [5, 5.41) is 9.86. The molecule has 0 aromatic heterocycles. The zero-order chi connectivity index (χ0) is 13.6. The molecule has 0 saturated heterocycles. The van der Waals surface area contributed by atoms with Gasteiger partial charge < -0.3 is 14.6 Å². The lowest BCUT2D eigenvalue weighted by molar-refractivity contribution is -0.179. The van der Waals surface area contributed by atoms with E-state index in [2.05, 4.69) is 4.74 Å². The Bertz CT molecular complexity index is 354. The van der Waals surface area contributed by atoms with Crippen LogP contribution < -0.4 is 4.74 Å². The van der Waals surface area contributed by atoms with Crippen molar-refractivity contribution in [3.8, 4) is 5.75 Å². The highest BCUT2D eigenvalue weighted by Crippen LogP contribution is 2.16. The van der Waals surface area contributed by atoms with E-state index in [0.717, 1.165) is 0 Å². The molecule has 0 spiro atoms. The van der Waals surface area contributed by atoms with E-state index in [1.54, 1.807) is 24.3 Å². The summed E-state index contributed by atoms with van der Waals surface area (Å²) in [6.45, 7) is -1.97. The Labute approximate surface area is 107 Å². The standard InChI is InChI=1S/C11H12ClF3O3/c12-8-1-3-10(4-2-8)18-6-9(16)5-17-7-11(13,14)15/h1-4,9,16H,5-7H2. The Morgan fingerprint density at radius 1 is 1.17 bits per heavy atom. The summed E-state index contributed by atoms with van der Waals surface area (Å²) in [6.07, 6.45) is -5.51. The number of aliphatic hydroxyl groups is 1. The van der Waals surface area contributed by atoms with Gasteiger partial charge >= 0.3 is 6.18 Å². The second-order valence-corrected chi connectivity index (χ2v) is 3.99. The quantitative estimate of drug-likeness (QED) is 0.873. The maximum atomic E-state index is 11.7. The van der Waals surface area contributed by atoms with Gasteiger partial charge in [-0.05, 0) is 24.3 Å². The molecule has 0 heterocycles. The van der Waals surface area contributed by atoms with Crippen LogP contribution in [0.2, 0.25) is 5.02 Å². The fraction of sp³-hybridized carbons (Fsp3) is 0.455. The summed E-state index contributed by atoms with van der Waals surface area (Å²) >= 11 is 5.65. The van der Waals surface area contributed by atoms with Crippen LogP contribution in [0.4, 0.5) is 13.2 Å². The third-order valence-corrected chi connectivity index (χ3v) is 2.08. The van der Waals surface area contributed by atoms with Gasteiger partial charge in [0, 0.05) is 5.02 Å². The number of alkyl halides is 3. The average Bonchev–Trinajstić information content (AvgIpc) is 2.26. The highest BCUT2D eigenvalue weighted by Gasteiger charge is 2.27. The maximum Gasteiger partial charge on any atom is 0.411 e. The van der Waals surface area contributed by atoms with E-state index in [0.29, 0.717) is 10.8 Å². The molecule has 0 saturated carbocycles. The van der Waals surface area contributed by atoms with Crippen LogP contribution in [0.5, 0.6) is 5.75 Å². The van der Waals surface area contributed by atoms with Crippen LogP contribution in [0, 0.1) is 0 Å². The van der Waals surface area contributed by atoms with Gasteiger partial charge in [0.25, 0.3) is 0 Å². The third-order valence-electron chi connectivity index (χ3n) is 1.83. The summed E-state index contributed by atoms with van der Waals surface area (Å²) in [7, 11) is 0. The Balaban J connectivity index is 2.21. The minimum atomic E-state index is -4.39. The van der Waals surface area contributed by atoms with Crippen LogP contribution in [0.1, 0.15) is 0 Å². The van der Waals surface area contributed by atoms with E-state index in [-0.39, 0.29) is 6.61 Å². The molecule has 7 heteroatoms. The van der Waals surface area contributed by atoms with Crippen LogP contribution in [0.3, 0.4) is 0 Å². The third kappa shape index (κ3) is 6.68. The zero-order valence-electron chi connectivity index (χ0n) is 9.28. The van der Waals surface area contributed by atoms with Crippen molar-refractivity contribution in [2.75, 3.05) is 19.8 Å². The van der Waals surface area contributed by atoms with E-state index in [9.17, 15) is 18.3 Å². The second-order valence-electron chi connectivity index (χ2n) is 3.55. The molecule has 0 aliphatic rings. The molecular formula is C11H12ClF3O3. The fourth-order valence-corrected chi connectivity index (χ4v) is 1.21. The molecule has 1 N–H and O–H groups in total. The highest BCUT2D eigenvalue weighted by atomic mass is 35.5. The Hall–Kier alpha value is -0.980. The summed E-state index contributed by atoms with van der Waals surface area (Å²) in [5.74, 6) is 0.467. The average molecular weight is 285 g/mol. The minimum Gasteiger partial charge on any atom is -0.491 e. The molecule has 0 aliphatic carbocycles. The molecule has 0 fully saturated rings. The van der Waals surface area contributed by atoms with Crippen LogP contribution in [0.15, 0.2) is 24.3 Å². The Morgan fingerprint density at radius 3 is 2.33 bits per heavy atom. The number of benzene rings is 1. The number of ether oxygens (including phenoxy) is 2. The van der Waals surface area contributed by atoms with Crippen molar-refractivity contribution >= 4 is 11.6 Å². The zero-order valence-corrected chi connectivity index (χ0v) is 10.0. The SMILES string of the molecule is OC(COCC(F)(F)F)COc1ccc(Cl)cc1. The molecule has 0 bridgehead atoms. The van der Waals surface area contributed by atoms with E-state index < -0.39 is 25.5 Å². The van der Waals surface area contributed by atoms with Crippen molar-refractivity contribution in [2.45, 2.75) is 12.3 Å². The largest absolute Gasteiger partial charge is 0.491 e. The van der Waals surface area contributed by atoms with E-state index in [1.807, 2.05) is 0 Å². The summed E-state index contributed by atoms with van der Waals surface area (Å²) < 4.78 is 44.7. The van der Waals surface area contributed by atoms with Gasteiger partial charge in [0.2, 0.25) is 0 Å². The first-order valence-electron chi connectivity index (χ1n) is 5.08. The monoisotopic (exact) mass is 284 g/mol. The molecular weight excluding hydrogens is 273 g/mol. The van der Waals surface area contributed by atoms with Crippen molar-refractivity contribution in [3.63, 3.8) is 0 Å². The molecule has 102 valence electrons. The van der Waals surface area contributed by atoms with Crippen LogP contribution >= 0.6 is 11.6 Å². The molecule has 3 nitrogen and oxygen atoms in total. The fourth-order valence-electron chi connectivity index (χ4n) is 1.08. The normalized spacial score (nSPS) is 13.4. The lowest BCUT2D eigenvalue weighted by Gasteiger charge is -2.13. The van der Waals surface area contributed by atoms with Gasteiger partial charge in [0.05, 0.1) is 6.61 Å². The van der Waals surface area contributed by atoms with Gasteiger partial charge in [-0.25, -0.2) is 0 Å². The number of rotatable bonds is 6. The van der Waals surface area contributed by atoms with Crippen LogP contribution in [-0.2, 0) is 4.74 Å². The molecule has 1 unspecified atom stereocenters. The summed E-state index contributed by atoms with van der Waals surface area (Å²) in [4.78, 5) is 0. The van der Waals surface area contributed by atoms with Gasteiger partial charge in [-0.3, -0.25) is 0 Å². The minimum absolute atomic E-state index is 0.153. The predicted octanol–water partition coefficient (Wildman–Crippen LogP) is 2.66. The van der Waals surface area contributed by atoms with Gasteiger partial charge in [0.1, 0.15) is 25.1 Å². The molecule has 1 rings (SSSR count). The molecule has 0 aliphatic heterocycles.